The van der Waals surface area contributed by atoms with Crippen LogP contribution in [0.5, 0.6) is 0 Å². The monoisotopic (exact) mass is 632 g/mol. The molecule has 0 aromatic heterocycles. The zero-order chi connectivity index (χ0) is 33.1. The van der Waals surface area contributed by atoms with Gasteiger partial charge >= 0.3 is 0 Å². The fourth-order valence-corrected chi connectivity index (χ4v) is 9.29. The maximum absolute atomic E-state index is 2.52. The van der Waals surface area contributed by atoms with Crippen molar-refractivity contribution < 1.29 is 0 Å². The minimum absolute atomic E-state index is 1.25. The normalized spacial score (nSPS) is 12.2. The van der Waals surface area contributed by atoms with E-state index in [2.05, 4.69) is 172 Å². The molecule has 0 fully saturated rings. The first-order valence-corrected chi connectivity index (χ1v) is 17.6. The Morgan fingerprint density at radius 3 is 1.46 bits per heavy atom. The van der Waals surface area contributed by atoms with E-state index in [-0.39, 0.29) is 0 Å². The third-order valence-electron chi connectivity index (χ3n) is 11.3. The summed E-state index contributed by atoms with van der Waals surface area (Å²) in [6, 6.07) is 59.3. The zero-order valence-corrected chi connectivity index (χ0v) is 28.0. The summed E-state index contributed by atoms with van der Waals surface area (Å²) in [7, 11) is 0. The van der Waals surface area contributed by atoms with Crippen molar-refractivity contribution in [2.24, 2.45) is 0 Å². The molecule has 0 radical (unpaired) electrons. The van der Waals surface area contributed by atoms with Gasteiger partial charge in [-0.1, -0.05) is 127 Å². The Kier molecular flexibility index (Phi) is 5.61. The first kappa shape index (κ1) is 27.7. The van der Waals surface area contributed by atoms with Crippen molar-refractivity contribution in [3.05, 3.63) is 169 Å². The fourth-order valence-electron chi connectivity index (χ4n) is 9.29. The van der Waals surface area contributed by atoms with Gasteiger partial charge in [-0.25, -0.2) is 0 Å². The van der Waals surface area contributed by atoms with E-state index in [1.807, 2.05) is 0 Å². The predicted octanol–water partition coefficient (Wildman–Crippen LogP) is 14.2. The number of fused-ring (bicyclic) bond motifs is 5. The minimum Gasteiger partial charge on any atom is -0.0622 e. The number of rotatable bonds is 3. The third kappa shape index (κ3) is 3.71. The standard InChI is InChI=1S/C50H32/c1-29-12-11-13-30(2)45(29)35-24-34-21-20-33-22-23-39-40-27-43-44(28-41(40)42-26-36(25-35)46(34)49(33)50(39)42)48(32-16-7-4-8-17-32)38-19-10-9-18-37(38)47(43)31-14-5-3-6-15-31/h3-28H,1-2H3. The maximum atomic E-state index is 2.52. The van der Waals surface area contributed by atoms with E-state index in [0.717, 1.165) is 0 Å². The van der Waals surface area contributed by atoms with Crippen LogP contribution in [0.3, 0.4) is 0 Å². The van der Waals surface area contributed by atoms with Crippen molar-refractivity contribution >= 4 is 53.9 Å². The zero-order valence-electron chi connectivity index (χ0n) is 28.0. The highest BCUT2D eigenvalue weighted by Gasteiger charge is 2.28. The SMILES string of the molecule is Cc1cccc(C)c1-c1cc2ccc3ccc4c5c(cc(c1)c2c35)-c1cc2c(-c3ccccc3)c3ccccc3c(-c3ccccc3)c2cc1-4. The molecule has 0 aliphatic heterocycles. The smallest absolute Gasteiger partial charge is 0.00137 e. The van der Waals surface area contributed by atoms with Crippen molar-refractivity contribution in [1.29, 1.82) is 0 Å². The minimum atomic E-state index is 1.25. The lowest BCUT2D eigenvalue weighted by molar-refractivity contribution is 1.38. The van der Waals surface area contributed by atoms with Crippen LogP contribution in [0.15, 0.2) is 158 Å². The maximum Gasteiger partial charge on any atom is -0.00137 e. The van der Waals surface area contributed by atoms with E-state index in [1.165, 1.54) is 121 Å². The Labute approximate surface area is 291 Å². The molecule has 0 saturated carbocycles. The number of benzene rings is 10. The summed E-state index contributed by atoms with van der Waals surface area (Å²) >= 11 is 0. The van der Waals surface area contributed by atoms with Crippen LogP contribution in [-0.2, 0) is 0 Å². The van der Waals surface area contributed by atoms with E-state index in [9.17, 15) is 0 Å². The summed E-state index contributed by atoms with van der Waals surface area (Å²) < 4.78 is 0. The molecule has 50 heavy (non-hydrogen) atoms. The van der Waals surface area contributed by atoms with Crippen LogP contribution in [0.2, 0.25) is 0 Å². The van der Waals surface area contributed by atoms with Gasteiger partial charge in [-0.3, -0.25) is 0 Å². The predicted molar refractivity (Wildman–Crippen MR) is 215 cm³/mol. The van der Waals surface area contributed by atoms with Crippen molar-refractivity contribution in [3.8, 4) is 55.6 Å². The van der Waals surface area contributed by atoms with Crippen LogP contribution in [-0.4, -0.2) is 0 Å². The molecular weight excluding hydrogens is 601 g/mol. The molecule has 0 amide bonds. The lowest BCUT2D eigenvalue weighted by Gasteiger charge is -2.19. The summed E-state index contributed by atoms with van der Waals surface area (Å²) in [4.78, 5) is 0. The van der Waals surface area contributed by atoms with Crippen molar-refractivity contribution in [1.82, 2.24) is 0 Å². The average Bonchev–Trinajstić information content (AvgIpc) is 3.46. The molecule has 0 atom stereocenters. The Bertz CT molecular complexity index is 3000. The van der Waals surface area contributed by atoms with Gasteiger partial charge in [0.2, 0.25) is 0 Å². The molecule has 0 spiro atoms. The Balaban J connectivity index is 1.30. The largest absolute Gasteiger partial charge is 0.0622 e. The molecule has 0 bridgehead atoms. The van der Waals surface area contributed by atoms with Gasteiger partial charge in [0.1, 0.15) is 0 Å². The summed E-state index contributed by atoms with van der Waals surface area (Å²) in [5.41, 5.74) is 15.7. The summed E-state index contributed by atoms with van der Waals surface area (Å²) in [6.07, 6.45) is 0. The molecule has 0 N–H and O–H groups in total. The van der Waals surface area contributed by atoms with Gasteiger partial charge in [0.15, 0.2) is 0 Å². The van der Waals surface area contributed by atoms with Crippen LogP contribution in [0.1, 0.15) is 11.1 Å². The van der Waals surface area contributed by atoms with Crippen LogP contribution < -0.4 is 0 Å². The fraction of sp³-hybridized carbons (Fsp3) is 0.0400. The molecule has 0 heterocycles. The number of hydrogen-bond acceptors (Lipinski definition) is 0. The lowest BCUT2D eigenvalue weighted by atomic mass is 9.84. The Morgan fingerprint density at radius 2 is 0.820 bits per heavy atom. The highest BCUT2D eigenvalue weighted by Crippen LogP contribution is 2.55. The molecule has 0 nitrogen and oxygen atoms in total. The van der Waals surface area contributed by atoms with Crippen molar-refractivity contribution in [2.75, 3.05) is 0 Å². The molecule has 0 saturated heterocycles. The van der Waals surface area contributed by atoms with E-state index in [1.54, 1.807) is 0 Å². The van der Waals surface area contributed by atoms with Crippen LogP contribution >= 0.6 is 0 Å². The molecule has 11 rings (SSSR count). The number of aryl methyl sites for hydroxylation is 2. The van der Waals surface area contributed by atoms with E-state index in [4.69, 9.17) is 0 Å². The van der Waals surface area contributed by atoms with Crippen LogP contribution in [0.4, 0.5) is 0 Å². The molecule has 10 aromatic carbocycles. The third-order valence-corrected chi connectivity index (χ3v) is 11.3. The molecule has 10 aromatic rings. The van der Waals surface area contributed by atoms with E-state index < -0.39 is 0 Å². The van der Waals surface area contributed by atoms with Crippen LogP contribution in [0, 0.1) is 13.8 Å². The molecular formula is C50H32. The van der Waals surface area contributed by atoms with Crippen LogP contribution in [0.25, 0.3) is 109 Å². The quantitative estimate of drug-likeness (QED) is 0.134. The first-order valence-electron chi connectivity index (χ1n) is 17.6. The van der Waals surface area contributed by atoms with Gasteiger partial charge in [-0.15, -0.1) is 0 Å². The second kappa shape index (κ2) is 10.1. The molecule has 1 aliphatic rings. The van der Waals surface area contributed by atoms with Crippen molar-refractivity contribution in [2.45, 2.75) is 13.8 Å². The number of hydrogen-bond donors (Lipinski definition) is 0. The second-order valence-electron chi connectivity index (χ2n) is 14.1. The summed E-state index contributed by atoms with van der Waals surface area (Å²) in [6.45, 7) is 4.47. The van der Waals surface area contributed by atoms with Gasteiger partial charge in [-0.05, 0) is 165 Å². The molecule has 0 unspecified atom stereocenters. The summed E-state index contributed by atoms with van der Waals surface area (Å²) in [5.74, 6) is 0. The van der Waals surface area contributed by atoms with Gasteiger partial charge in [0.05, 0.1) is 0 Å². The van der Waals surface area contributed by atoms with E-state index >= 15 is 0 Å². The van der Waals surface area contributed by atoms with Gasteiger partial charge < -0.3 is 0 Å². The molecule has 0 heteroatoms. The Hall–Kier alpha value is -6.24. The second-order valence-corrected chi connectivity index (χ2v) is 14.1. The first-order chi connectivity index (χ1) is 24.6. The highest BCUT2D eigenvalue weighted by atomic mass is 14.3. The van der Waals surface area contributed by atoms with Gasteiger partial charge in [-0.2, -0.15) is 0 Å². The molecule has 232 valence electrons. The van der Waals surface area contributed by atoms with Gasteiger partial charge in [0, 0.05) is 0 Å². The highest BCUT2D eigenvalue weighted by molar-refractivity contribution is 6.34. The summed E-state index contributed by atoms with van der Waals surface area (Å²) in [5, 5.41) is 13.2. The van der Waals surface area contributed by atoms with Gasteiger partial charge in [0.25, 0.3) is 0 Å². The van der Waals surface area contributed by atoms with Crippen molar-refractivity contribution in [3.63, 3.8) is 0 Å². The average molecular weight is 633 g/mol. The lowest BCUT2D eigenvalue weighted by Crippen LogP contribution is -1.92. The Morgan fingerprint density at radius 1 is 0.280 bits per heavy atom. The van der Waals surface area contributed by atoms with E-state index in [0.29, 0.717) is 0 Å². The molecule has 1 aliphatic carbocycles. The topological polar surface area (TPSA) is 0 Å².